The predicted octanol–water partition coefficient (Wildman–Crippen LogP) is 2.83. The standard InChI is InChI=1S/C20H22N2O5S/c1-12-6-13(2)8-15(7-12)21-19(23)9-14(3)28(25,26)16-4-5-18-17(10-16)22-20(24)11-27-18/h4-8,10,14H,9,11H2,1-3H3,(H,21,23)(H,22,24)/t14-/m1/s1. The number of fused-ring (bicyclic) bond motifs is 1. The van der Waals surface area contributed by atoms with Gasteiger partial charge >= 0.3 is 0 Å². The van der Waals surface area contributed by atoms with Crippen molar-refractivity contribution in [3.8, 4) is 5.75 Å². The maximum absolute atomic E-state index is 12.9. The van der Waals surface area contributed by atoms with Crippen molar-refractivity contribution in [1.82, 2.24) is 0 Å². The minimum Gasteiger partial charge on any atom is -0.482 e. The van der Waals surface area contributed by atoms with E-state index >= 15 is 0 Å². The number of ether oxygens (including phenoxy) is 1. The molecule has 1 heterocycles. The van der Waals surface area contributed by atoms with Crippen LogP contribution in [0.2, 0.25) is 0 Å². The lowest BCUT2D eigenvalue weighted by molar-refractivity contribution is -0.118. The van der Waals surface area contributed by atoms with Gasteiger partial charge in [-0.25, -0.2) is 8.42 Å². The summed E-state index contributed by atoms with van der Waals surface area (Å²) in [6.07, 6.45) is -0.185. The zero-order chi connectivity index (χ0) is 20.5. The van der Waals surface area contributed by atoms with Crippen molar-refractivity contribution >= 4 is 33.0 Å². The fraction of sp³-hybridized carbons (Fsp3) is 0.300. The van der Waals surface area contributed by atoms with Crippen LogP contribution in [0.25, 0.3) is 0 Å². The smallest absolute Gasteiger partial charge is 0.262 e. The predicted molar refractivity (Wildman–Crippen MR) is 106 cm³/mol. The van der Waals surface area contributed by atoms with Gasteiger partial charge in [0, 0.05) is 12.1 Å². The third kappa shape index (κ3) is 4.33. The Bertz CT molecular complexity index is 1030. The maximum atomic E-state index is 12.9. The molecule has 8 heteroatoms. The number of carbonyl (C=O) groups is 2. The van der Waals surface area contributed by atoms with Gasteiger partial charge in [-0.15, -0.1) is 0 Å². The van der Waals surface area contributed by atoms with Crippen molar-refractivity contribution in [3.05, 3.63) is 47.5 Å². The fourth-order valence-electron chi connectivity index (χ4n) is 3.10. The van der Waals surface area contributed by atoms with E-state index in [9.17, 15) is 18.0 Å². The van der Waals surface area contributed by atoms with Gasteiger partial charge in [-0.1, -0.05) is 6.07 Å². The van der Waals surface area contributed by atoms with Crippen LogP contribution in [-0.2, 0) is 19.4 Å². The molecule has 0 aliphatic carbocycles. The molecule has 0 spiro atoms. The van der Waals surface area contributed by atoms with Gasteiger partial charge in [0.05, 0.1) is 15.8 Å². The molecule has 2 aromatic rings. The molecule has 0 aromatic heterocycles. The summed E-state index contributed by atoms with van der Waals surface area (Å²) in [7, 11) is -3.76. The summed E-state index contributed by atoms with van der Waals surface area (Å²) in [6.45, 7) is 5.24. The van der Waals surface area contributed by atoms with Crippen LogP contribution in [0.4, 0.5) is 11.4 Å². The minimum absolute atomic E-state index is 0.0313. The lowest BCUT2D eigenvalue weighted by atomic mass is 10.1. The number of rotatable bonds is 5. The van der Waals surface area contributed by atoms with Gasteiger partial charge < -0.3 is 15.4 Å². The van der Waals surface area contributed by atoms with E-state index < -0.39 is 15.1 Å². The number of sulfone groups is 1. The zero-order valence-electron chi connectivity index (χ0n) is 15.9. The Labute approximate surface area is 164 Å². The molecular formula is C20H22N2O5S. The van der Waals surface area contributed by atoms with Gasteiger partial charge in [-0.3, -0.25) is 9.59 Å². The molecular weight excluding hydrogens is 380 g/mol. The number of amides is 2. The van der Waals surface area contributed by atoms with E-state index in [1.165, 1.54) is 25.1 Å². The topological polar surface area (TPSA) is 102 Å². The molecule has 0 bridgehead atoms. The van der Waals surface area contributed by atoms with E-state index in [4.69, 9.17) is 4.74 Å². The van der Waals surface area contributed by atoms with Crippen LogP contribution < -0.4 is 15.4 Å². The third-order valence-corrected chi connectivity index (χ3v) is 6.56. The number of hydrogen-bond donors (Lipinski definition) is 2. The van der Waals surface area contributed by atoms with Gasteiger partial charge in [0.25, 0.3) is 5.91 Å². The molecule has 3 rings (SSSR count). The van der Waals surface area contributed by atoms with E-state index in [1.807, 2.05) is 32.0 Å². The first-order chi connectivity index (χ1) is 13.1. The summed E-state index contributed by atoms with van der Waals surface area (Å²) >= 11 is 0. The Morgan fingerprint density at radius 3 is 2.54 bits per heavy atom. The first-order valence-electron chi connectivity index (χ1n) is 8.84. The van der Waals surface area contributed by atoms with E-state index in [1.54, 1.807) is 0 Å². The van der Waals surface area contributed by atoms with Gasteiger partial charge in [0.15, 0.2) is 16.4 Å². The molecule has 2 N–H and O–H groups in total. The summed E-state index contributed by atoms with van der Waals surface area (Å²) in [6, 6.07) is 9.93. The Hall–Kier alpha value is -2.87. The maximum Gasteiger partial charge on any atom is 0.262 e. The molecule has 2 aromatic carbocycles. The van der Waals surface area contributed by atoms with Gasteiger partial charge in [0.2, 0.25) is 5.91 Å². The molecule has 1 aliphatic heterocycles. The van der Waals surface area contributed by atoms with Crippen LogP contribution in [0.3, 0.4) is 0 Å². The summed E-state index contributed by atoms with van der Waals surface area (Å²) in [5, 5.41) is 4.41. The Morgan fingerprint density at radius 1 is 1.18 bits per heavy atom. The van der Waals surface area contributed by atoms with Gasteiger partial charge in [-0.05, 0) is 62.2 Å². The number of nitrogens with one attached hydrogen (secondary N) is 2. The SMILES string of the molecule is Cc1cc(C)cc(NC(=O)C[C@@H](C)S(=O)(=O)c2ccc3c(c2)NC(=O)CO3)c1. The Kier molecular flexibility index (Phi) is 5.42. The van der Waals surface area contributed by atoms with E-state index in [0.717, 1.165) is 11.1 Å². The normalized spacial score (nSPS) is 14.5. The molecule has 0 fully saturated rings. The number of anilines is 2. The molecule has 7 nitrogen and oxygen atoms in total. The summed E-state index contributed by atoms with van der Waals surface area (Å²) in [5.74, 6) is -0.308. The first-order valence-corrected chi connectivity index (χ1v) is 10.4. The van der Waals surface area contributed by atoms with Crippen LogP contribution in [0.5, 0.6) is 5.75 Å². The Balaban J connectivity index is 1.74. The molecule has 0 radical (unpaired) electrons. The number of benzene rings is 2. The second kappa shape index (κ2) is 7.63. The van der Waals surface area contributed by atoms with Crippen LogP contribution in [0.1, 0.15) is 24.5 Å². The molecule has 148 valence electrons. The highest BCUT2D eigenvalue weighted by Gasteiger charge is 2.28. The summed E-state index contributed by atoms with van der Waals surface area (Å²) < 4.78 is 31.0. The molecule has 0 saturated heterocycles. The molecule has 28 heavy (non-hydrogen) atoms. The van der Waals surface area contributed by atoms with Crippen molar-refractivity contribution in [3.63, 3.8) is 0 Å². The average Bonchev–Trinajstić information content (AvgIpc) is 2.59. The quantitative estimate of drug-likeness (QED) is 0.801. The van der Waals surface area contributed by atoms with Crippen molar-refractivity contribution in [2.75, 3.05) is 17.2 Å². The number of aryl methyl sites for hydroxylation is 2. The second-order valence-corrected chi connectivity index (χ2v) is 9.35. The molecule has 1 atom stereocenters. The van der Waals surface area contributed by atoms with Crippen LogP contribution in [-0.4, -0.2) is 32.1 Å². The van der Waals surface area contributed by atoms with Crippen LogP contribution >= 0.6 is 0 Å². The van der Waals surface area contributed by atoms with Gasteiger partial charge in [0.1, 0.15) is 5.75 Å². The Morgan fingerprint density at radius 2 is 1.86 bits per heavy atom. The average molecular weight is 402 g/mol. The highest BCUT2D eigenvalue weighted by atomic mass is 32.2. The van der Waals surface area contributed by atoms with E-state index in [-0.39, 0.29) is 29.7 Å². The second-order valence-electron chi connectivity index (χ2n) is 6.98. The number of hydrogen-bond acceptors (Lipinski definition) is 5. The summed E-state index contributed by atoms with van der Waals surface area (Å²) in [4.78, 5) is 23.8. The summed E-state index contributed by atoms with van der Waals surface area (Å²) in [5.41, 5.74) is 2.97. The molecule has 2 amide bonds. The first kappa shape index (κ1) is 19.9. The third-order valence-electron chi connectivity index (χ3n) is 4.42. The molecule has 1 aliphatic rings. The van der Waals surface area contributed by atoms with E-state index in [2.05, 4.69) is 10.6 Å². The van der Waals surface area contributed by atoms with Crippen LogP contribution in [0, 0.1) is 13.8 Å². The zero-order valence-corrected chi connectivity index (χ0v) is 16.7. The molecule has 0 saturated carbocycles. The lowest BCUT2D eigenvalue weighted by Crippen LogP contribution is -2.27. The lowest BCUT2D eigenvalue weighted by Gasteiger charge is -2.19. The fourth-order valence-corrected chi connectivity index (χ4v) is 4.48. The van der Waals surface area contributed by atoms with Crippen molar-refractivity contribution in [2.45, 2.75) is 37.3 Å². The highest BCUT2D eigenvalue weighted by molar-refractivity contribution is 7.92. The van der Waals surface area contributed by atoms with E-state index in [0.29, 0.717) is 17.1 Å². The van der Waals surface area contributed by atoms with Crippen molar-refractivity contribution in [1.29, 1.82) is 0 Å². The van der Waals surface area contributed by atoms with Crippen LogP contribution in [0.15, 0.2) is 41.3 Å². The van der Waals surface area contributed by atoms with Gasteiger partial charge in [-0.2, -0.15) is 0 Å². The number of carbonyl (C=O) groups excluding carboxylic acids is 2. The monoisotopic (exact) mass is 402 g/mol. The molecule has 0 unspecified atom stereocenters. The van der Waals surface area contributed by atoms with Crippen molar-refractivity contribution < 1.29 is 22.7 Å². The van der Waals surface area contributed by atoms with Crippen molar-refractivity contribution in [2.24, 2.45) is 0 Å². The highest BCUT2D eigenvalue weighted by Crippen LogP contribution is 2.31. The largest absolute Gasteiger partial charge is 0.482 e. The minimum atomic E-state index is -3.76.